The molecule has 2 fully saturated rings. The number of aryl methyl sites for hydroxylation is 1. The lowest BCUT2D eigenvalue weighted by atomic mass is 9.98. The summed E-state index contributed by atoms with van der Waals surface area (Å²) in [5.74, 6) is 0.793. The molecule has 2 unspecified atom stereocenters. The van der Waals surface area contributed by atoms with E-state index in [1.165, 1.54) is 0 Å². The van der Waals surface area contributed by atoms with Crippen LogP contribution in [0.15, 0.2) is 10.4 Å². The Hall–Kier alpha value is -1.10. The third kappa shape index (κ3) is 6.44. The fourth-order valence-corrected chi connectivity index (χ4v) is 4.81. The molecule has 1 aromatic heterocycles. The van der Waals surface area contributed by atoms with Crippen molar-refractivity contribution in [3.05, 3.63) is 16.1 Å². The number of piperidine rings is 1. The van der Waals surface area contributed by atoms with Crippen molar-refractivity contribution in [2.24, 2.45) is 4.99 Å². The molecular formula is C20H34IN5O2S. The second kappa shape index (κ2) is 10.3. The zero-order chi connectivity index (χ0) is 20.3. The SMILES string of the molecule is CCc1nc(CNC(=NC)NC2CC3CCC(C2)N3C(=O)OC(C)(C)C)cs1.I. The van der Waals surface area contributed by atoms with Gasteiger partial charge in [0, 0.05) is 30.6 Å². The van der Waals surface area contributed by atoms with E-state index in [9.17, 15) is 4.79 Å². The summed E-state index contributed by atoms with van der Waals surface area (Å²) < 4.78 is 5.62. The highest BCUT2D eigenvalue weighted by molar-refractivity contribution is 14.0. The molecule has 3 heterocycles. The molecule has 0 spiro atoms. The zero-order valence-electron chi connectivity index (χ0n) is 18.0. The largest absolute Gasteiger partial charge is 0.444 e. The smallest absolute Gasteiger partial charge is 0.410 e. The lowest BCUT2D eigenvalue weighted by molar-refractivity contribution is 0.00545. The van der Waals surface area contributed by atoms with E-state index in [0.717, 1.165) is 48.8 Å². The summed E-state index contributed by atoms with van der Waals surface area (Å²) in [6.45, 7) is 8.54. The summed E-state index contributed by atoms with van der Waals surface area (Å²) in [5.41, 5.74) is 0.592. The van der Waals surface area contributed by atoms with Crippen molar-refractivity contribution in [2.45, 2.75) is 90.1 Å². The van der Waals surface area contributed by atoms with Gasteiger partial charge in [-0.05, 0) is 52.9 Å². The van der Waals surface area contributed by atoms with Crippen molar-refractivity contribution >= 4 is 47.4 Å². The summed E-state index contributed by atoms with van der Waals surface area (Å²) in [5, 5.41) is 10.2. The van der Waals surface area contributed by atoms with Gasteiger partial charge in [0.25, 0.3) is 0 Å². The van der Waals surface area contributed by atoms with Crippen LogP contribution < -0.4 is 10.6 Å². The van der Waals surface area contributed by atoms with Gasteiger partial charge in [-0.2, -0.15) is 0 Å². The van der Waals surface area contributed by atoms with E-state index in [1.807, 2.05) is 25.7 Å². The van der Waals surface area contributed by atoms with E-state index < -0.39 is 5.60 Å². The molecule has 9 heteroatoms. The molecule has 2 bridgehead atoms. The Kier molecular flexibility index (Phi) is 8.57. The van der Waals surface area contributed by atoms with E-state index in [1.54, 1.807) is 18.4 Å². The maximum atomic E-state index is 12.6. The molecule has 164 valence electrons. The highest BCUT2D eigenvalue weighted by atomic mass is 127. The molecular weight excluding hydrogens is 501 g/mol. The maximum Gasteiger partial charge on any atom is 0.410 e. The molecule has 2 saturated heterocycles. The number of carbonyl (C=O) groups is 1. The number of guanidine groups is 1. The van der Waals surface area contributed by atoms with Crippen molar-refractivity contribution in [3.8, 4) is 0 Å². The van der Waals surface area contributed by atoms with Gasteiger partial charge in [0.1, 0.15) is 5.60 Å². The minimum Gasteiger partial charge on any atom is -0.444 e. The molecule has 0 radical (unpaired) electrons. The van der Waals surface area contributed by atoms with E-state index in [-0.39, 0.29) is 42.2 Å². The highest BCUT2D eigenvalue weighted by Gasteiger charge is 2.45. The first kappa shape index (κ1) is 24.2. The van der Waals surface area contributed by atoms with Gasteiger partial charge in [0.15, 0.2) is 5.96 Å². The second-order valence-corrected chi connectivity index (χ2v) is 9.54. The number of hydrogen-bond donors (Lipinski definition) is 2. The summed E-state index contributed by atoms with van der Waals surface area (Å²) in [4.78, 5) is 23.5. The second-order valence-electron chi connectivity index (χ2n) is 8.60. The van der Waals surface area contributed by atoms with Crippen LogP contribution in [-0.4, -0.2) is 52.7 Å². The van der Waals surface area contributed by atoms with Crippen LogP contribution in [0.2, 0.25) is 0 Å². The molecule has 2 atom stereocenters. The Morgan fingerprint density at radius 1 is 1.34 bits per heavy atom. The van der Waals surface area contributed by atoms with Gasteiger partial charge >= 0.3 is 6.09 Å². The Labute approximate surface area is 195 Å². The van der Waals surface area contributed by atoms with Gasteiger partial charge in [-0.15, -0.1) is 35.3 Å². The van der Waals surface area contributed by atoms with Crippen LogP contribution in [0.5, 0.6) is 0 Å². The van der Waals surface area contributed by atoms with Crippen LogP contribution in [0, 0.1) is 0 Å². The number of nitrogens with one attached hydrogen (secondary N) is 2. The number of ether oxygens (including phenoxy) is 1. The van der Waals surface area contributed by atoms with Crippen LogP contribution >= 0.6 is 35.3 Å². The highest BCUT2D eigenvalue weighted by Crippen LogP contribution is 2.36. The van der Waals surface area contributed by atoms with Crippen molar-refractivity contribution in [2.75, 3.05) is 7.05 Å². The number of fused-ring (bicyclic) bond motifs is 2. The number of aromatic nitrogens is 1. The van der Waals surface area contributed by atoms with Crippen LogP contribution in [-0.2, 0) is 17.7 Å². The van der Waals surface area contributed by atoms with Gasteiger partial charge < -0.3 is 20.3 Å². The lowest BCUT2D eigenvalue weighted by Gasteiger charge is -2.40. The van der Waals surface area contributed by atoms with Gasteiger partial charge in [0.05, 0.1) is 17.2 Å². The summed E-state index contributed by atoms with van der Waals surface area (Å²) in [7, 11) is 1.79. The minimum atomic E-state index is -0.453. The predicted molar refractivity (Wildman–Crippen MR) is 128 cm³/mol. The maximum absolute atomic E-state index is 12.6. The molecule has 1 amide bonds. The number of amides is 1. The van der Waals surface area contributed by atoms with Crippen LogP contribution in [0.3, 0.4) is 0 Å². The van der Waals surface area contributed by atoms with E-state index in [2.05, 4.69) is 32.9 Å². The first-order valence-electron chi connectivity index (χ1n) is 10.2. The number of thiazole rings is 1. The van der Waals surface area contributed by atoms with Crippen molar-refractivity contribution in [1.29, 1.82) is 0 Å². The molecule has 3 rings (SSSR count). The Bertz CT molecular complexity index is 704. The summed E-state index contributed by atoms with van der Waals surface area (Å²) >= 11 is 1.70. The number of nitrogens with zero attached hydrogens (tertiary/aromatic N) is 3. The Balaban J connectivity index is 0.00000300. The van der Waals surface area contributed by atoms with Gasteiger partial charge in [0.2, 0.25) is 0 Å². The van der Waals surface area contributed by atoms with Gasteiger partial charge in [-0.25, -0.2) is 9.78 Å². The van der Waals surface area contributed by atoms with Crippen LogP contribution in [0.4, 0.5) is 4.79 Å². The topological polar surface area (TPSA) is 78.9 Å². The van der Waals surface area contributed by atoms with Crippen molar-refractivity contribution in [1.82, 2.24) is 20.5 Å². The lowest BCUT2D eigenvalue weighted by Crippen LogP contribution is -2.54. The molecule has 2 aliphatic heterocycles. The number of carbonyl (C=O) groups excluding carboxylic acids is 1. The van der Waals surface area contributed by atoms with E-state index in [4.69, 9.17) is 4.74 Å². The zero-order valence-corrected chi connectivity index (χ0v) is 21.2. The monoisotopic (exact) mass is 535 g/mol. The third-order valence-corrected chi connectivity index (χ3v) is 6.28. The molecule has 2 N–H and O–H groups in total. The molecule has 2 aliphatic rings. The number of halogens is 1. The Morgan fingerprint density at radius 3 is 2.52 bits per heavy atom. The Morgan fingerprint density at radius 2 is 2.00 bits per heavy atom. The fraction of sp³-hybridized carbons (Fsp3) is 0.750. The molecule has 1 aromatic rings. The van der Waals surface area contributed by atoms with Gasteiger partial charge in [-0.3, -0.25) is 4.99 Å². The molecule has 0 aromatic carbocycles. The van der Waals surface area contributed by atoms with E-state index >= 15 is 0 Å². The molecule has 7 nitrogen and oxygen atoms in total. The van der Waals surface area contributed by atoms with Gasteiger partial charge in [-0.1, -0.05) is 6.92 Å². The predicted octanol–water partition coefficient (Wildman–Crippen LogP) is 3.92. The first-order chi connectivity index (χ1) is 13.3. The fourth-order valence-electron chi connectivity index (χ4n) is 4.06. The summed E-state index contributed by atoms with van der Waals surface area (Å²) in [6, 6.07) is 0.800. The van der Waals surface area contributed by atoms with Crippen molar-refractivity contribution < 1.29 is 9.53 Å². The van der Waals surface area contributed by atoms with Crippen LogP contribution in [0.25, 0.3) is 0 Å². The number of hydrogen-bond acceptors (Lipinski definition) is 5. The molecule has 0 saturated carbocycles. The first-order valence-corrected chi connectivity index (χ1v) is 11.1. The normalized spacial score (nSPS) is 24.1. The van der Waals surface area contributed by atoms with Crippen LogP contribution in [0.1, 0.15) is 64.1 Å². The molecule has 29 heavy (non-hydrogen) atoms. The quantitative estimate of drug-likeness (QED) is 0.347. The average Bonchev–Trinajstić information content (AvgIpc) is 3.19. The summed E-state index contributed by atoms with van der Waals surface area (Å²) in [6.07, 6.45) is 4.74. The number of aliphatic imine (C=N–C) groups is 1. The average molecular weight is 535 g/mol. The van der Waals surface area contributed by atoms with E-state index in [0.29, 0.717) is 12.6 Å². The third-order valence-electron chi connectivity index (χ3n) is 5.24. The van der Waals surface area contributed by atoms with Crippen molar-refractivity contribution in [3.63, 3.8) is 0 Å². The minimum absolute atomic E-state index is 0. The molecule has 0 aliphatic carbocycles. The standard InChI is InChI=1S/C20H33N5O2S.HI/c1-6-17-23-14(12-28-17)11-22-18(21-5)24-13-9-15-7-8-16(10-13)25(15)19(26)27-20(2,3)4;/h12-13,15-16H,6-11H2,1-5H3,(H2,21,22,24);1H. The number of rotatable bonds is 4.